The summed E-state index contributed by atoms with van der Waals surface area (Å²) in [5.41, 5.74) is 2.28. The second kappa shape index (κ2) is 6.45. The van der Waals surface area contributed by atoms with Crippen LogP contribution in [0.4, 0.5) is 4.39 Å². The van der Waals surface area contributed by atoms with E-state index in [1.807, 2.05) is 6.07 Å². The summed E-state index contributed by atoms with van der Waals surface area (Å²) in [5, 5.41) is 3.33. The first-order chi connectivity index (χ1) is 8.65. The molecule has 0 amide bonds. The van der Waals surface area contributed by atoms with Crippen LogP contribution in [-0.4, -0.2) is 0 Å². The molecule has 2 rings (SSSR count). The summed E-state index contributed by atoms with van der Waals surface area (Å²) in [4.78, 5) is 0. The SMILES string of the molecule is Fc1ccc(CNCc2ccc(Br)c(Br)c2)cc1. The van der Waals surface area contributed by atoms with E-state index >= 15 is 0 Å². The number of benzene rings is 2. The molecule has 1 N–H and O–H groups in total. The van der Waals surface area contributed by atoms with Crippen LogP contribution in [0.3, 0.4) is 0 Å². The molecule has 94 valence electrons. The molecule has 1 nitrogen and oxygen atoms in total. The first kappa shape index (κ1) is 13.7. The third-order valence-corrected chi connectivity index (χ3v) is 4.44. The second-order valence-corrected chi connectivity index (χ2v) is 5.69. The Morgan fingerprint density at radius 1 is 0.833 bits per heavy atom. The highest BCUT2D eigenvalue weighted by molar-refractivity contribution is 9.13. The van der Waals surface area contributed by atoms with E-state index in [-0.39, 0.29) is 5.82 Å². The molecule has 0 bridgehead atoms. The van der Waals surface area contributed by atoms with Gasteiger partial charge in [0, 0.05) is 22.0 Å². The van der Waals surface area contributed by atoms with Gasteiger partial charge in [-0.3, -0.25) is 0 Å². The number of nitrogens with one attached hydrogen (secondary N) is 1. The van der Waals surface area contributed by atoms with Gasteiger partial charge in [-0.25, -0.2) is 4.39 Å². The molecule has 18 heavy (non-hydrogen) atoms. The van der Waals surface area contributed by atoms with Crippen molar-refractivity contribution in [2.75, 3.05) is 0 Å². The highest BCUT2D eigenvalue weighted by atomic mass is 79.9. The molecule has 0 heterocycles. The highest BCUT2D eigenvalue weighted by Crippen LogP contribution is 2.23. The van der Waals surface area contributed by atoms with Crippen LogP contribution in [0, 0.1) is 5.82 Å². The molecule has 0 saturated heterocycles. The van der Waals surface area contributed by atoms with Gasteiger partial charge >= 0.3 is 0 Å². The minimum absolute atomic E-state index is 0.199. The van der Waals surface area contributed by atoms with Crippen molar-refractivity contribution in [3.8, 4) is 0 Å². The quantitative estimate of drug-likeness (QED) is 0.824. The maximum absolute atomic E-state index is 12.7. The molecule has 0 aliphatic heterocycles. The summed E-state index contributed by atoms with van der Waals surface area (Å²) in [6.07, 6.45) is 0. The molecule has 0 unspecified atom stereocenters. The Balaban J connectivity index is 1.88. The van der Waals surface area contributed by atoms with Gasteiger partial charge in [-0.2, -0.15) is 0 Å². The largest absolute Gasteiger partial charge is 0.309 e. The van der Waals surface area contributed by atoms with Crippen molar-refractivity contribution in [2.24, 2.45) is 0 Å². The van der Waals surface area contributed by atoms with E-state index in [1.165, 1.54) is 17.7 Å². The molecule has 0 atom stereocenters. The van der Waals surface area contributed by atoms with Crippen molar-refractivity contribution < 1.29 is 4.39 Å². The smallest absolute Gasteiger partial charge is 0.123 e. The van der Waals surface area contributed by atoms with E-state index in [4.69, 9.17) is 0 Å². The van der Waals surface area contributed by atoms with Gasteiger partial charge in [0.05, 0.1) is 0 Å². The van der Waals surface area contributed by atoms with E-state index in [0.717, 1.165) is 27.6 Å². The summed E-state index contributed by atoms with van der Waals surface area (Å²) in [5.74, 6) is -0.199. The van der Waals surface area contributed by atoms with Gasteiger partial charge in [0.25, 0.3) is 0 Å². The van der Waals surface area contributed by atoms with Crippen LogP contribution in [-0.2, 0) is 13.1 Å². The van der Waals surface area contributed by atoms with Crippen molar-refractivity contribution in [3.63, 3.8) is 0 Å². The van der Waals surface area contributed by atoms with Gasteiger partial charge in [0.1, 0.15) is 5.82 Å². The van der Waals surface area contributed by atoms with Crippen LogP contribution in [0.15, 0.2) is 51.4 Å². The fourth-order valence-corrected chi connectivity index (χ4v) is 2.28. The maximum atomic E-state index is 12.7. The van der Waals surface area contributed by atoms with Crippen molar-refractivity contribution in [1.29, 1.82) is 0 Å². The molecule has 0 aliphatic rings. The lowest BCUT2D eigenvalue weighted by Crippen LogP contribution is -2.12. The predicted molar refractivity (Wildman–Crippen MR) is 78.8 cm³/mol. The predicted octanol–water partition coefficient (Wildman–Crippen LogP) is 4.64. The van der Waals surface area contributed by atoms with E-state index in [1.54, 1.807) is 12.1 Å². The molecule has 2 aromatic rings. The van der Waals surface area contributed by atoms with E-state index in [0.29, 0.717) is 0 Å². The normalized spacial score (nSPS) is 10.6. The van der Waals surface area contributed by atoms with Crippen LogP contribution >= 0.6 is 31.9 Å². The highest BCUT2D eigenvalue weighted by Gasteiger charge is 1.99. The fraction of sp³-hybridized carbons (Fsp3) is 0.143. The zero-order chi connectivity index (χ0) is 13.0. The lowest BCUT2D eigenvalue weighted by molar-refractivity contribution is 0.625. The Kier molecular flexibility index (Phi) is 4.92. The summed E-state index contributed by atoms with van der Waals surface area (Å²) >= 11 is 6.91. The van der Waals surface area contributed by atoms with Gasteiger partial charge in [-0.15, -0.1) is 0 Å². The molecular formula is C14H12Br2FN. The van der Waals surface area contributed by atoms with Crippen molar-refractivity contribution in [2.45, 2.75) is 13.1 Å². The van der Waals surface area contributed by atoms with Gasteiger partial charge in [-0.05, 0) is 67.3 Å². The average Bonchev–Trinajstić information content (AvgIpc) is 2.36. The fourth-order valence-electron chi connectivity index (χ4n) is 1.60. The molecule has 0 aromatic heterocycles. The van der Waals surface area contributed by atoms with Gasteiger partial charge in [0.15, 0.2) is 0 Å². The molecule has 0 fully saturated rings. The third-order valence-electron chi connectivity index (χ3n) is 2.56. The Morgan fingerprint density at radius 3 is 2.11 bits per heavy atom. The molecule has 2 aromatic carbocycles. The van der Waals surface area contributed by atoms with Crippen LogP contribution in [0.2, 0.25) is 0 Å². The lowest BCUT2D eigenvalue weighted by Gasteiger charge is -2.06. The molecule has 0 saturated carbocycles. The van der Waals surface area contributed by atoms with Crippen LogP contribution in [0.1, 0.15) is 11.1 Å². The minimum atomic E-state index is -0.199. The topological polar surface area (TPSA) is 12.0 Å². The molecular weight excluding hydrogens is 361 g/mol. The molecule has 4 heteroatoms. The summed E-state index contributed by atoms with van der Waals surface area (Å²) in [6.45, 7) is 1.51. The van der Waals surface area contributed by atoms with Crippen molar-refractivity contribution in [3.05, 3.63) is 68.4 Å². The van der Waals surface area contributed by atoms with Gasteiger partial charge in [-0.1, -0.05) is 18.2 Å². The Bertz CT molecular complexity index is 526. The summed E-state index contributed by atoms with van der Waals surface area (Å²) < 4.78 is 14.8. The Morgan fingerprint density at radius 2 is 1.44 bits per heavy atom. The summed E-state index contributed by atoms with van der Waals surface area (Å²) in [6, 6.07) is 12.7. The Hall–Kier alpha value is -0.710. The zero-order valence-electron chi connectivity index (χ0n) is 9.59. The Labute approximate surface area is 123 Å². The van der Waals surface area contributed by atoms with Crippen LogP contribution < -0.4 is 5.32 Å². The molecule has 0 aliphatic carbocycles. The molecule has 0 spiro atoms. The average molecular weight is 373 g/mol. The summed E-state index contributed by atoms with van der Waals surface area (Å²) in [7, 11) is 0. The third kappa shape index (κ3) is 3.90. The maximum Gasteiger partial charge on any atom is 0.123 e. The lowest BCUT2D eigenvalue weighted by atomic mass is 10.2. The number of hydrogen-bond donors (Lipinski definition) is 1. The standard InChI is InChI=1S/C14H12Br2FN/c15-13-6-3-11(7-14(13)16)9-18-8-10-1-4-12(17)5-2-10/h1-7,18H,8-9H2. The van der Waals surface area contributed by atoms with Crippen LogP contribution in [0.25, 0.3) is 0 Å². The van der Waals surface area contributed by atoms with E-state index < -0.39 is 0 Å². The monoisotopic (exact) mass is 371 g/mol. The van der Waals surface area contributed by atoms with E-state index in [2.05, 4.69) is 49.3 Å². The second-order valence-electron chi connectivity index (χ2n) is 3.98. The number of rotatable bonds is 4. The molecule has 0 radical (unpaired) electrons. The van der Waals surface area contributed by atoms with Gasteiger partial charge < -0.3 is 5.32 Å². The number of halogens is 3. The van der Waals surface area contributed by atoms with Crippen molar-refractivity contribution in [1.82, 2.24) is 5.32 Å². The first-order valence-corrected chi connectivity index (χ1v) is 7.13. The van der Waals surface area contributed by atoms with E-state index in [9.17, 15) is 4.39 Å². The van der Waals surface area contributed by atoms with Crippen molar-refractivity contribution >= 4 is 31.9 Å². The van der Waals surface area contributed by atoms with Gasteiger partial charge in [0.2, 0.25) is 0 Å². The first-order valence-electron chi connectivity index (χ1n) is 5.54. The number of hydrogen-bond acceptors (Lipinski definition) is 1. The zero-order valence-corrected chi connectivity index (χ0v) is 12.8. The minimum Gasteiger partial charge on any atom is -0.309 e. The van der Waals surface area contributed by atoms with Crippen LogP contribution in [0.5, 0.6) is 0 Å².